The standard InChI is InChI=1S/C22H25NO6S/c1-27-5-3-6-29-21-8-13-14(9-20(21)28-2)18-10-19(24)15(22(25)26)11-23(18)17-4-7-30-12-16(13)17/h8-11,16-17H,3-7,12H2,1-2H3,(H,25,26)/t16-,17?/m1/s1. The van der Waals surface area contributed by atoms with Crippen molar-refractivity contribution < 1.29 is 24.1 Å². The molecule has 2 aliphatic heterocycles. The maximum atomic E-state index is 12.5. The van der Waals surface area contributed by atoms with Crippen molar-refractivity contribution in [1.29, 1.82) is 0 Å². The maximum absolute atomic E-state index is 12.5. The van der Waals surface area contributed by atoms with Crippen LogP contribution in [0.3, 0.4) is 0 Å². The summed E-state index contributed by atoms with van der Waals surface area (Å²) in [7, 11) is 3.25. The van der Waals surface area contributed by atoms with Crippen LogP contribution in [0.1, 0.15) is 40.7 Å². The van der Waals surface area contributed by atoms with Gasteiger partial charge in [0.2, 0.25) is 0 Å². The van der Waals surface area contributed by atoms with Gasteiger partial charge in [-0.15, -0.1) is 0 Å². The van der Waals surface area contributed by atoms with E-state index in [0.717, 1.165) is 41.2 Å². The lowest BCUT2D eigenvalue weighted by atomic mass is 9.82. The van der Waals surface area contributed by atoms with Crippen LogP contribution < -0.4 is 14.9 Å². The highest BCUT2D eigenvalue weighted by atomic mass is 32.2. The highest BCUT2D eigenvalue weighted by molar-refractivity contribution is 7.99. The number of carboxylic acids is 1. The zero-order chi connectivity index (χ0) is 21.3. The van der Waals surface area contributed by atoms with Crippen molar-refractivity contribution in [3.05, 3.63) is 45.7 Å². The van der Waals surface area contributed by atoms with Crippen molar-refractivity contribution in [1.82, 2.24) is 4.57 Å². The van der Waals surface area contributed by atoms with Gasteiger partial charge in [-0.3, -0.25) is 4.79 Å². The summed E-state index contributed by atoms with van der Waals surface area (Å²) in [6.07, 6.45) is 3.20. The minimum Gasteiger partial charge on any atom is -0.493 e. The van der Waals surface area contributed by atoms with Crippen LogP contribution in [0, 0.1) is 0 Å². The predicted octanol–water partition coefficient (Wildman–Crippen LogP) is 3.41. The lowest BCUT2D eigenvalue weighted by Gasteiger charge is -2.40. The van der Waals surface area contributed by atoms with Gasteiger partial charge in [0.05, 0.1) is 19.4 Å². The highest BCUT2D eigenvalue weighted by Crippen LogP contribution is 2.50. The fourth-order valence-corrected chi connectivity index (χ4v) is 5.55. The molecule has 2 aliphatic rings. The molecule has 4 rings (SSSR count). The molecule has 3 heterocycles. The monoisotopic (exact) mass is 431 g/mol. The van der Waals surface area contributed by atoms with E-state index in [1.807, 2.05) is 28.5 Å². The molecule has 1 unspecified atom stereocenters. The number of aromatic nitrogens is 1. The zero-order valence-electron chi connectivity index (χ0n) is 17.1. The summed E-state index contributed by atoms with van der Waals surface area (Å²) in [5.74, 6) is 2.22. The SMILES string of the molecule is COCCCOc1cc2c(cc1OC)-c1cc(=O)c(C(=O)O)cn1C1CCSC[C@H]21. The van der Waals surface area contributed by atoms with E-state index in [1.165, 1.54) is 12.3 Å². The van der Waals surface area contributed by atoms with Crippen LogP contribution >= 0.6 is 11.8 Å². The van der Waals surface area contributed by atoms with Crippen molar-refractivity contribution in [2.75, 3.05) is 38.9 Å². The van der Waals surface area contributed by atoms with Crippen LogP contribution in [0.4, 0.5) is 0 Å². The average molecular weight is 432 g/mol. The second kappa shape index (κ2) is 8.73. The largest absolute Gasteiger partial charge is 0.493 e. The predicted molar refractivity (Wildman–Crippen MR) is 115 cm³/mol. The highest BCUT2D eigenvalue weighted by Gasteiger charge is 2.37. The molecular formula is C22H25NO6S. The van der Waals surface area contributed by atoms with Crippen molar-refractivity contribution in [3.63, 3.8) is 0 Å². The lowest BCUT2D eigenvalue weighted by molar-refractivity contribution is 0.0694. The number of pyridine rings is 1. The quantitative estimate of drug-likeness (QED) is 0.672. The topological polar surface area (TPSA) is 87.0 Å². The van der Waals surface area contributed by atoms with E-state index in [1.54, 1.807) is 14.2 Å². The van der Waals surface area contributed by atoms with Gasteiger partial charge in [-0.2, -0.15) is 11.8 Å². The van der Waals surface area contributed by atoms with Gasteiger partial charge < -0.3 is 23.9 Å². The number of carbonyl (C=O) groups is 1. The average Bonchev–Trinajstić information content (AvgIpc) is 2.75. The van der Waals surface area contributed by atoms with Gasteiger partial charge >= 0.3 is 5.97 Å². The number of benzene rings is 1. The number of nitrogens with zero attached hydrogens (tertiary/aromatic N) is 1. The van der Waals surface area contributed by atoms with E-state index in [4.69, 9.17) is 14.2 Å². The summed E-state index contributed by atoms with van der Waals surface area (Å²) in [6.45, 7) is 1.14. The zero-order valence-corrected chi connectivity index (χ0v) is 17.9. The van der Waals surface area contributed by atoms with Crippen molar-refractivity contribution >= 4 is 17.7 Å². The molecule has 1 fully saturated rings. The van der Waals surface area contributed by atoms with Gasteiger partial charge in [-0.05, 0) is 29.9 Å². The number of hydrogen-bond acceptors (Lipinski definition) is 6. The fourth-order valence-electron chi connectivity index (χ4n) is 4.32. The molecule has 0 saturated carbocycles. The number of fused-ring (bicyclic) bond motifs is 6. The van der Waals surface area contributed by atoms with Gasteiger partial charge in [0.1, 0.15) is 5.56 Å². The summed E-state index contributed by atoms with van der Waals surface area (Å²) in [5, 5.41) is 9.43. The molecule has 160 valence electrons. The number of aromatic carboxylic acids is 1. The van der Waals surface area contributed by atoms with E-state index in [-0.39, 0.29) is 17.5 Å². The molecule has 30 heavy (non-hydrogen) atoms. The Morgan fingerprint density at radius 2 is 2.07 bits per heavy atom. The van der Waals surface area contributed by atoms with Gasteiger partial charge in [0.25, 0.3) is 0 Å². The Labute approximate surface area is 179 Å². The smallest absolute Gasteiger partial charge is 0.341 e. The second-order valence-corrected chi connectivity index (χ2v) is 8.62. The molecular weight excluding hydrogens is 406 g/mol. The van der Waals surface area contributed by atoms with E-state index in [9.17, 15) is 14.7 Å². The Kier molecular flexibility index (Phi) is 6.06. The molecule has 1 aromatic heterocycles. The van der Waals surface area contributed by atoms with Crippen molar-refractivity contribution in [3.8, 4) is 22.8 Å². The van der Waals surface area contributed by atoms with E-state index < -0.39 is 11.4 Å². The molecule has 0 radical (unpaired) electrons. The van der Waals surface area contributed by atoms with Gasteiger partial charge in [0, 0.05) is 55.7 Å². The first-order chi connectivity index (χ1) is 14.5. The Bertz CT molecular complexity index is 1020. The van der Waals surface area contributed by atoms with Gasteiger partial charge in [-0.1, -0.05) is 0 Å². The second-order valence-electron chi connectivity index (χ2n) is 7.47. The number of thioether (sulfide) groups is 1. The minimum absolute atomic E-state index is 0.113. The number of hydrogen-bond donors (Lipinski definition) is 1. The van der Waals surface area contributed by atoms with E-state index >= 15 is 0 Å². The molecule has 8 heteroatoms. The van der Waals surface area contributed by atoms with Crippen LogP contribution in [-0.4, -0.2) is 54.6 Å². The van der Waals surface area contributed by atoms with Crippen LogP contribution in [0.5, 0.6) is 11.5 Å². The summed E-state index contributed by atoms with van der Waals surface area (Å²) >= 11 is 1.89. The Morgan fingerprint density at radius 3 is 2.80 bits per heavy atom. The van der Waals surface area contributed by atoms with Crippen molar-refractivity contribution in [2.45, 2.75) is 24.8 Å². The first kappa shape index (κ1) is 20.8. The van der Waals surface area contributed by atoms with Crippen LogP contribution in [0.25, 0.3) is 11.3 Å². The number of carboxylic acid groups (broad SMARTS) is 1. The third-order valence-electron chi connectivity index (χ3n) is 5.75. The molecule has 0 bridgehead atoms. The molecule has 7 nitrogen and oxygen atoms in total. The Hall–Kier alpha value is -2.45. The van der Waals surface area contributed by atoms with E-state index in [0.29, 0.717) is 24.7 Å². The number of rotatable bonds is 7. The van der Waals surface area contributed by atoms with Crippen molar-refractivity contribution in [2.24, 2.45) is 0 Å². The molecule has 2 atom stereocenters. The molecule has 0 aliphatic carbocycles. The molecule has 0 amide bonds. The molecule has 1 saturated heterocycles. The summed E-state index contributed by atoms with van der Waals surface area (Å²) in [4.78, 5) is 24.0. The first-order valence-corrected chi connectivity index (χ1v) is 11.1. The molecule has 0 spiro atoms. The third-order valence-corrected chi connectivity index (χ3v) is 6.87. The minimum atomic E-state index is -1.19. The maximum Gasteiger partial charge on any atom is 0.341 e. The first-order valence-electron chi connectivity index (χ1n) is 9.96. The number of methoxy groups -OCH3 is 2. The molecule has 2 aromatic rings. The summed E-state index contributed by atoms with van der Waals surface area (Å²) in [5.41, 5.74) is 2.08. The Balaban J connectivity index is 1.84. The third kappa shape index (κ3) is 3.70. The van der Waals surface area contributed by atoms with E-state index in [2.05, 4.69) is 0 Å². The number of ether oxygens (including phenoxy) is 3. The normalized spacial score (nSPS) is 19.4. The molecule has 1 aromatic carbocycles. The Morgan fingerprint density at radius 1 is 1.23 bits per heavy atom. The summed E-state index contributed by atoms with van der Waals surface area (Å²) in [6, 6.07) is 5.49. The molecule has 1 N–H and O–H groups in total. The van der Waals surface area contributed by atoms with Gasteiger partial charge in [0.15, 0.2) is 16.9 Å². The summed E-state index contributed by atoms with van der Waals surface area (Å²) < 4.78 is 18.6. The van der Waals surface area contributed by atoms with Crippen LogP contribution in [0.2, 0.25) is 0 Å². The fraction of sp³-hybridized carbons (Fsp3) is 0.455. The van der Waals surface area contributed by atoms with Crippen LogP contribution in [-0.2, 0) is 4.74 Å². The van der Waals surface area contributed by atoms with Crippen LogP contribution in [0.15, 0.2) is 29.2 Å². The lowest BCUT2D eigenvalue weighted by Crippen LogP contribution is -2.32. The van der Waals surface area contributed by atoms with Gasteiger partial charge in [-0.25, -0.2) is 4.79 Å².